The van der Waals surface area contributed by atoms with E-state index in [9.17, 15) is 128 Å². The zero-order valence-corrected chi connectivity index (χ0v) is 62.9. The summed E-state index contributed by atoms with van der Waals surface area (Å²) in [5.41, 5.74) is -5.80. The molecule has 15 atom stereocenters. The monoisotopic (exact) mass is 1800 g/mol. The molecule has 3 aromatic carbocycles. The SMILES string of the molecule is COc1ccc2onc(Cn3c(=O)ccn([C@@H]4O[C@H](COP(=O)(O)OP(=O)(O)O)[C@H](O)C4O)c3=O)c2c1.O=c1ccn([C@@H]2O[C@H](COP(=O)(O)OP(=O)(O)O)[C@H](O)C2O)c(=O)n1Cc1noc2c(OC(F)(F)F)cccc12.O=c1ccn([C@@H]2O[C@H](COP(=O)(O)OP(=O)(O)O)[C@H](O)C2O)c(=O)n1Cc1noc2cc(OC(F)(F)F)ccc12. The number of hydrogen-bond donors (Lipinski definition) is 15. The van der Waals surface area contributed by atoms with Crippen LogP contribution in [0.4, 0.5) is 26.3 Å². The Bertz CT molecular complexity index is 5850. The lowest BCUT2D eigenvalue weighted by atomic mass is 10.1. The lowest BCUT2D eigenvalue weighted by Crippen LogP contribution is -2.43. The van der Waals surface area contributed by atoms with E-state index in [1.807, 2.05) is 0 Å². The van der Waals surface area contributed by atoms with Crippen LogP contribution < -0.4 is 48.0 Å². The number of hydrogen-bond acceptors (Lipinski definition) is 36. The van der Waals surface area contributed by atoms with E-state index in [2.05, 4.69) is 51.4 Å². The van der Waals surface area contributed by atoms with Gasteiger partial charge in [0.05, 0.1) is 57.3 Å². The average molecular weight is 1800 g/mol. The summed E-state index contributed by atoms with van der Waals surface area (Å²) < 4.78 is 215. The summed E-state index contributed by atoms with van der Waals surface area (Å²) in [6, 6.07) is 14.1. The van der Waals surface area contributed by atoms with E-state index in [1.165, 1.54) is 19.2 Å². The van der Waals surface area contributed by atoms with E-state index in [0.717, 1.165) is 70.2 Å². The van der Waals surface area contributed by atoms with Crippen molar-refractivity contribution >= 4 is 79.8 Å². The Morgan fingerprint density at radius 2 is 0.778 bits per heavy atom. The topological polar surface area (TPSA) is 727 Å². The van der Waals surface area contributed by atoms with E-state index in [4.69, 9.17) is 61.9 Å². The number of aliphatic hydroxyl groups is 6. The molecule has 3 fully saturated rings. The number of benzene rings is 3. The first kappa shape index (κ1) is 90.8. The molecule has 6 unspecified atom stereocenters. The number of phosphoric ester groups is 3. The fraction of sp³-hybridized carbons (Fsp3) is 0.389. The van der Waals surface area contributed by atoms with Gasteiger partial charge in [-0.05, 0) is 42.5 Å². The van der Waals surface area contributed by atoms with Crippen LogP contribution in [0.15, 0.2) is 134 Å². The van der Waals surface area contributed by atoms with E-state index >= 15 is 0 Å². The predicted molar refractivity (Wildman–Crippen MR) is 359 cm³/mol. The smallest absolute Gasteiger partial charge is 0.497 e. The standard InChI is InChI=1S/2C18H18F3N3O14P2.C18H21N3O14P2/c19-18(20,21)36-8-1-2-9-10(22-37-11(9)5-8)6-24-13(25)3-4-23(17(24)28)16-15(27)14(26)12(35-16)7-34-40(32,33)38-39(29,30)31;19-18(20,21)36-10-3-1-2-8-9(22-37-15(8)10)6-24-12(25)4-5-23(17(24)28)16-14(27)13(26)11(35-16)7-34-40(32,33)38-39(29,30)31;1-31-9-2-3-12-10(6-9)11(19-34-12)7-21-14(22)4-5-20(18(21)25)17-16(24)15(23)13(33-17)8-32-37(29,30)35-36(26,27)28/h1-5,12,14-16,26-27H,6-7H2,(H,32,33)(H2,29,30,31);1-5,11,13-14,16,26-27H,6-7H2,(H,32,33)(H2,29,30,31);2-6,13,15-17,23-24H,7-8H2,1H3,(H,29,30)(H2,26,27,28)/t12-,14+,15?,16-;11-,13+,14?,16-;13-,15+,16?,17-/m111/s1. The number of alkyl halides is 6. The summed E-state index contributed by atoms with van der Waals surface area (Å²) in [6.07, 6.45) is -27.9. The lowest BCUT2D eigenvalue weighted by molar-refractivity contribution is -0.275. The molecule has 0 bridgehead atoms. The van der Waals surface area contributed by atoms with Crippen molar-refractivity contribution in [1.82, 2.24) is 42.9 Å². The number of methoxy groups -OCH3 is 1. The van der Waals surface area contributed by atoms with Crippen LogP contribution in [0.25, 0.3) is 32.9 Å². The summed E-state index contributed by atoms with van der Waals surface area (Å²) in [5, 5.41) is 73.8. The fourth-order valence-electron chi connectivity index (χ4n) is 11.1. The number of aliphatic hydroxyl groups excluding tert-OH is 6. The Labute approximate surface area is 638 Å². The van der Waals surface area contributed by atoms with Crippen LogP contribution in [0.1, 0.15) is 35.8 Å². The predicted octanol–water partition coefficient (Wildman–Crippen LogP) is -1.06. The molecule has 51 nitrogen and oxygen atoms in total. The summed E-state index contributed by atoms with van der Waals surface area (Å²) in [7, 11) is -30.7. The van der Waals surface area contributed by atoms with Gasteiger partial charge in [0, 0.05) is 48.2 Å². The van der Waals surface area contributed by atoms with Crippen LogP contribution in [-0.4, -0.2) is 212 Å². The van der Waals surface area contributed by atoms with Crippen molar-refractivity contribution in [2.75, 3.05) is 26.9 Å². The van der Waals surface area contributed by atoms with Gasteiger partial charge in [-0.2, -0.15) is 12.9 Å². The summed E-state index contributed by atoms with van der Waals surface area (Å²) in [4.78, 5) is 157. The van der Waals surface area contributed by atoms with Gasteiger partial charge >= 0.3 is 76.7 Å². The molecule has 63 heteroatoms. The normalized spacial score (nSPS) is 23.5. The first-order valence-electron chi connectivity index (χ1n) is 31.6. The maximum Gasteiger partial charge on any atom is 0.573 e. The second-order valence-corrected chi connectivity index (χ2v) is 32.6. The van der Waals surface area contributed by atoms with E-state index in [0.29, 0.717) is 35.0 Å². The van der Waals surface area contributed by atoms with Crippen molar-refractivity contribution in [2.24, 2.45) is 0 Å². The molecule has 642 valence electrons. The molecule has 15 N–H and O–H groups in total. The number of ether oxygens (including phenoxy) is 6. The largest absolute Gasteiger partial charge is 0.573 e. The molecule has 9 aromatic rings. The molecule has 3 saturated heterocycles. The van der Waals surface area contributed by atoms with Crippen LogP contribution in [0.2, 0.25) is 0 Å². The van der Waals surface area contributed by atoms with Crippen LogP contribution in [0, 0.1) is 0 Å². The van der Waals surface area contributed by atoms with Crippen LogP contribution in [0.5, 0.6) is 17.2 Å². The second kappa shape index (κ2) is 35.1. The van der Waals surface area contributed by atoms with Gasteiger partial charge in [0.25, 0.3) is 16.7 Å². The van der Waals surface area contributed by atoms with Gasteiger partial charge in [0.2, 0.25) is 5.58 Å². The zero-order valence-electron chi connectivity index (χ0n) is 57.5. The number of para-hydroxylation sites is 1. The molecule has 3 aliphatic heterocycles. The third-order valence-corrected chi connectivity index (χ3v) is 22.6. The third-order valence-electron chi connectivity index (χ3n) is 16.1. The zero-order chi connectivity index (χ0) is 86.4. The highest BCUT2D eigenvalue weighted by atomic mass is 31.3. The highest BCUT2D eigenvalue weighted by Crippen LogP contribution is 2.60. The lowest BCUT2D eigenvalue weighted by Gasteiger charge is -2.19. The summed E-state index contributed by atoms with van der Waals surface area (Å²) in [6.45, 7) is -4.51. The third kappa shape index (κ3) is 22.7. The quantitative estimate of drug-likeness (QED) is 0.0216. The van der Waals surface area contributed by atoms with Crippen molar-refractivity contribution < 1.29 is 197 Å². The Kier molecular flexibility index (Phi) is 27.2. The molecule has 0 spiro atoms. The number of halogens is 6. The Morgan fingerprint density at radius 1 is 0.419 bits per heavy atom. The van der Waals surface area contributed by atoms with Gasteiger partial charge in [-0.1, -0.05) is 21.5 Å². The second-order valence-electron chi connectivity index (χ2n) is 24.1. The van der Waals surface area contributed by atoms with Crippen molar-refractivity contribution in [3.8, 4) is 17.2 Å². The van der Waals surface area contributed by atoms with Crippen LogP contribution in [-0.2, 0) is 87.7 Å². The molecule has 0 amide bonds. The van der Waals surface area contributed by atoms with Crippen molar-refractivity contribution in [1.29, 1.82) is 0 Å². The number of nitrogens with zero attached hydrogens (tertiary/aromatic N) is 9. The van der Waals surface area contributed by atoms with E-state index in [-0.39, 0.29) is 40.0 Å². The van der Waals surface area contributed by atoms with Gasteiger partial charge in [-0.25, -0.2) is 41.8 Å². The Hall–Kier alpha value is -8.49. The maximum atomic E-state index is 13.1. The van der Waals surface area contributed by atoms with Gasteiger partial charge < -0.3 is 117 Å². The molecular weight excluding hydrogens is 1750 g/mol. The highest BCUT2D eigenvalue weighted by Gasteiger charge is 2.50. The van der Waals surface area contributed by atoms with Crippen molar-refractivity contribution in [3.63, 3.8) is 0 Å². The molecule has 0 radical (unpaired) electrons. The number of rotatable bonds is 27. The maximum absolute atomic E-state index is 13.1. The summed E-state index contributed by atoms with van der Waals surface area (Å²) >= 11 is 0. The summed E-state index contributed by atoms with van der Waals surface area (Å²) in [5.74, 6) is -0.833. The highest BCUT2D eigenvalue weighted by molar-refractivity contribution is 7.61. The van der Waals surface area contributed by atoms with Crippen molar-refractivity contribution in [2.45, 2.75) is 106 Å². The minimum Gasteiger partial charge on any atom is -0.497 e. The molecule has 6 aromatic heterocycles. The molecule has 3 aliphatic rings. The number of fused-ring (bicyclic) bond motifs is 3. The van der Waals surface area contributed by atoms with Gasteiger partial charge in [-0.3, -0.25) is 55.4 Å². The average Bonchev–Trinajstić information content (AvgIpc) is 1.68. The molecule has 0 aliphatic carbocycles. The van der Waals surface area contributed by atoms with Crippen LogP contribution in [0.3, 0.4) is 0 Å². The molecule has 12 rings (SSSR count). The van der Waals surface area contributed by atoms with E-state index in [1.54, 1.807) is 18.2 Å². The Balaban J connectivity index is 0.000000185. The van der Waals surface area contributed by atoms with Gasteiger partial charge in [-0.15, -0.1) is 26.3 Å². The number of aromatic nitrogens is 9. The van der Waals surface area contributed by atoms with E-state index < -0.39 is 217 Å². The Morgan fingerprint density at radius 3 is 1.15 bits per heavy atom. The molecular formula is C54H57F6N9O42P6. The van der Waals surface area contributed by atoms with Gasteiger partial charge in [0.1, 0.15) is 83.5 Å². The first-order valence-corrected chi connectivity index (χ1v) is 40.7. The minimum absolute atomic E-state index is 0.0146. The number of phosphoric acid groups is 6. The molecule has 117 heavy (non-hydrogen) atoms. The van der Waals surface area contributed by atoms with Crippen LogP contribution >= 0.6 is 46.9 Å². The van der Waals surface area contributed by atoms with Crippen molar-refractivity contribution in [3.05, 3.63) is 171 Å². The molecule has 9 heterocycles. The molecule has 0 saturated carbocycles. The minimum atomic E-state index is -5.44. The first-order chi connectivity index (χ1) is 54.2. The fourth-order valence-corrected chi connectivity index (χ4v) is 15.9. The van der Waals surface area contributed by atoms with Gasteiger partial charge in [0.15, 0.2) is 35.6 Å².